The van der Waals surface area contributed by atoms with E-state index in [0.717, 1.165) is 16.3 Å². The van der Waals surface area contributed by atoms with Crippen LogP contribution in [0.15, 0.2) is 133 Å². The van der Waals surface area contributed by atoms with Crippen LogP contribution >= 0.6 is 0 Å². The van der Waals surface area contributed by atoms with Gasteiger partial charge in [-0.3, -0.25) is 4.79 Å². The number of rotatable bonds is 9. The monoisotopic (exact) mass is 621 g/mol. The van der Waals surface area contributed by atoms with Crippen molar-refractivity contribution in [2.24, 2.45) is 0 Å². The van der Waals surface area contributed by atoms with Crippen LogP contribution in [0.4, 0.5) is 0 Å². The summed E-state index contributed by atoms with van der Waals surface area (Å²) in [7, 11) is 0. The minimum absolute atomic E-state index is 0.198. The molecule has 0 saturated carbocycles. The highest BCUT2D eigenvalue weighted by atomic mass is 16.4. The lowest BCUT2D eigenvalue weighted by Gasteiger charge is -2.20. The molecule has 5 aromatic carbocycles. The smallest absolute Gasteiger partial charge is 0.251 e. The van der Waals surface area contributed by atoms with E-state index in [2.05, 4.69) is 41.0 Å². The Morgan fingerprint density at radius 1 is 0.652 bits per heavy atom. The third kappa shape index (κ3) is 11.0. The van der Waals surface area contributed by atoms with Gasteiger partial charge in [0.15, 0.2) is 12.1 Å². The number of aliphatic carboxylic acids is 2. The molecule has 4 atom stereocenters. The average molecular weight is 622 g/mol. The average Bonchev–Trinajstić information content (AvgIpc) is 3.08. The summed E-state index contributed by atoms with van der Waals surface area (Å²) in [6.07, 6.45) is -1.19. The number of fused-ring (bicyclic) bond motifs is 1. The van der Waals surface area contributed by atoms with Crippen LogP contribution in [0, 0.1) is 0 Å². The number of aliphatic hydroxyl groups is 1. The first-order valence-electron chi connectivity index (χ1n) is 14.8. The van der Waals surface area contributed by atoms with Gasteiger partial charge in [-0.25, -0.2) is 0 Å². The van der Waals surface area contributed by atoms with Crippen molar-refractivity contribution in [1.29, 1.82) is 0 Å². The molecule has 0 saturated heterocycles. The predicted molar refractivity (Wildman–Crippen MR) is 171 cm³/mol. The summed E-state index contributed by atoms with van der Waals surface area (Å²) in [5.74, 6) is -3.94. The zero-order valence-electron chi connectivity index (χ0n) is 25.6. The Balaban J connectivity index is 0.000000203. The van der Waals surface area contributed by atoms with Crippen molar-refractivity contribution < 1.29 is 41.2 Å². The SMILES string of the molecule is C[C@@H](O)c1ccccc1.O=C([O-])C[C@H](NC(=O)c1ccc2ccccc2c1)C(=O)[O-].[NH3+][C@H](c1ccccc1)[C@@H]([NH3+])c1ccccc1. The van der Waals surface area contributed by atoms with Crippen LogP contribution in [0.1, 0.15) is 58.6 Å². The lowest BCUT2D eigenvalue weighted by molar-refractivity contribution is -0.540. The second kappa shape index (κ2) is 17.8. The lowest BCUT2D eigenvalue weighted by Crippen LogP contribution is -2.68. The van der Waals surface area contributed by atoms with E-state index in [0.29, 0.717) is 0 Å². The van der Waals surface area contributed by atoms with Gasteiger partial charge in [0, 0.05) is 29.1 Å². The number of carbonyl (C=O) groups is 3. The first-order chi connectivity index (χ1) is 22.1. The first kappa shape index (κ1) is 35.1. The summed E-state index contributed by atoms with van der Waals surface area (Å²) in [5, 5.41) is 34.1. The van der Waals surface area contributed by atoms with Crippen LogP contribution in [-0.2, 0) is 9.59 Å². The summed E-state index contributed by atoms with van der Waals surface area (Å²) >= 11 is 0. The molecule has 46 heavy (non-hydrogen) atoms. The predicted octanol–water partition coefficient (Wildman–Crippen LogP) is 1.52. The molecule has 0 aliphatic rings. The third-order valence-corrected chi connectivity index (χ3v) is 7.20. The zero-order chi connectivity index (χ0) is 33.5. The molecule has 0 radical (unpaired) electrons. The molecule has 0 aromatic heterocycles. The Morgan fingerprint density at radius 2 is 1.09 bits per heavy atom. The normalized spacial score (nSPS) is 13.0. The van der Waals surface area contributed by atoms with Gasteiger partial charge in [-0.05, 0) is 35.4 Å². The van der Waals surface area contributed by atoms with Crippen molar-refractivity contribution in [3.63, 3.8) is 0 Å². The van der Waals surface area contributed by atoms with Gasteiger partial charge in [-0.2, -0.15) is 0 Å². The van der Waals surface area contributed by atoms with Crippen LogP contribution in [0.2, 0.25) is 0 Å². The minimum Gasteiger partial charge on any atom is -0.550 e. The van der Waals surface area contributed by atoms with E-state index in [1.165, 1.54) is 17.2 Å². The molecule has 9 heteroatoms. The highest BCUT2D eigenvalue weighted by Gasteiger charge is 2.23. The number of hydrogen-bond donors (Lipinski definition) is 4. The van der Waals surface area contributed by atoms with Crippen LogP contribution < -0.4 is 27.0 Å². The zero-order valence-corrected chi connectivity index (χ0v) is 25.6. The minimum atomic E-state index is -1.67. The van der Waals surface area contributed by atoms with Crippen LogP contribution in [0.25, 0.3) is 10.8 Å². The molecule has 1 amide bonds. The molecular formula is C37H39N3O6. The molecule has 0 aliphatic carbocycles. The van der Waals surface area contributed by atoms with Gasteiger partial charge in [-0.15, -0.1) is 0 Å². The molecule has 5 rings (SSSR count). The number of aliphatic hydroxyl groups excluding tert-OH is 1. The molecule has 0 heterocycles. The van der Waals surface area contributed by atoms with E-state index < -0.39 is 30.3 Å². The van der Waals surface area contributed by atoms with E-state index in [4.69, 9.17) is 5.11 Å². The maximum Gasteiger partial charge on any atom is 0.251 e. The van der Waals surface area contributed by atoms with Gasteiger partial charge in [-0.1, -0.05) is 121 Å². The van der Waals surface area contributed by atoms with Crippen molar-refractivity contribution in [3.05, 3.63) is 156 Å². The number of benzene rings is 5. The second-order valence-corrected chi connectivity index (χ2v) is 10.6. The van der Waals surface area contributed by atoms with Gasteiger partial charge in [0.05, 0.1) is 18.1 Å². The maximum atomic E-state index is 12.0. The topological polar surface area (TPSA) is 185 Å². The summed E-state index contributed by atoms with van der Waals surface area (Å²) in [6.45, 7) is 1.76. The summed E-state index contributed by atoms with van der Waals surface area (Å²) in [5.41, 5.74) is 12.1. The van der Waals surface area contributed by atoms with Crippen molar-refractivity contribution in [3.8, 4) is 0 Å². The number of quaternary nitrogens is 2. The Hall–Kier alpha value is -5.35. The summed E-state index contributed by atoms with van der Waals surface area (Å²) in [4.78, 5) is 33.2. The van der Waals surface area contributed by atoms with Gasteiger partial charge >= 0.3 is 0 Å². The fourth-order valence-electron chi connectivity index (χ4n) is 4.53. The highest BCUT2D eigenvalue weighted by molar-refractivity contribution is 6.00. The molecular weight excluding hydrogens is 582 g/mol. The van der Waals surface area contributed by atoms with E-state index in [1.807, 2.05) is 91.0 Å². The van der Waals surface area contributed by atoms with Crippen LogP contribution in [0.3, 0.4) is 0 Å². The Kier molecular flexibility index (Phi) is 13.6. The molecule has 0 aliphatic heterocycles. The molecule has 5 aromatic rings. The molecule has 238 valence electrons. The van der Waals surface area contributed by atoms with Crippen molar-refractivity contribution in [2.45, 2.75) is 37.6 Å². The van der Waals surface area contributed by atoms with Crippen LogP contribution in [-0.4, -0.2) is 29.0 Å². The number of carbonyl (C=O) groups excluding carboxylic acids is 3. The fraction of sp³-hybridized carbons (Fsp3) is 0.162. The van der Waals surface area contributed by atoms with Gasteiger partial charge in [0.1, 0.15) is 0 Å². The number of nitrogens with one attached hydrogen (secondary N) is 1. The molecule has 0 bridgehead atoms. The molecule has 0 fully saturated rings. The first-order valence-corrected chi connectivity index (χ1v) is 14.8. The lowest BCUT2D eigenvalue weighted by atomic mass is 9.95. The Labute approximate surface area is 268 Å². The highest BCUT2D eigenvalue weighted by Crippen LogP contribution is 2.21. The van der Waals surface area contributed by atoms with Crippen molar-refractivity contribution in [1.82, 2.24) is 5.32 Å². The van der Waals surface area contributed by atoms with Gasteiger partial charge in [0.2, 0.25) is 0 Å². The molecule has 0 unspecified atom stereocenters. The standard InChI is InChI=1S/C15H13NO5.C14H16N2.C8H10O/c17-13(18)8-12(15(20)21)16-14(19)11-6-5-9-3-1-2-4-10(9)7-11;15-13(11-7-3-1-4-8-11)14(16)12-9-5-2-6-10-12;1-7(9)8-5-3-2-4-6-8/h1-7,12H,8H2,(H,16,19)(H,17,18)(H,20,21);1-10,13-14H,15-16H2;2-7,9H,1H3/t12-;13-,14+;7-/m0.1/s1. The quantitative estimate of drug-likeness (QED) is 0.193. The van der Waals surface area contributed by atoms with E-state index >= 15 is 0 Å². The number of hydrogen-bond acceptors (Lipinski definition) is 6. The van der Waals surface area contributed by atoms with Gasteiger partial charge in [0.25, 0.3) is 5.91 Å². The maximum absolute atomic E-state index is 12.0. The van der Waals surface area contributed by atoms with Crippen molar-refractivity contribution >= 4 is 28.6 Å². The van der Waals surface area contributed by atoms with Gasteiger partial charge < -0.3 is 41.7 Å². The Morgan fingerprint density at radius 3 is 1.50 bits per heavy atom. The molecule has 8 N–H and O–H groups in total. The largest absolute Gasteiger partial charge is 0.550 e. The van der Waals surface area contributed by atoms with E-state index in [1.54, 1.807) is 19.1 Å². The van der Waals surface area contributed by atoms with Crippen LogP contribution in [0.5, 0.6) is 0 Å². The van der Waals surface area contributed by atoms with Crippen molar-refractivity contribution in [2.75, 3.05) is 0 Å². The van der Waals surface area contributed by atoms with E-state index in [9.17, 15) is 24.6 Å². The summed E-state index contributed by atoms with van der Waals surface area (Å²) < 4.78 is 0. The Bertz CT molecular complexity index is 1640. The number of amides is 1. The molecule has 9 nitrogen and oxygen atoms in total. The third-order valence-electron chi connectivity index (χ3n) is 7.20. The fourth-order valence-corrected chi connectivity index (χ4v) is 4.53. The number of carboxylic acid groups (broad SMARTS) is 2. The number of carboxylic acids is 2. The van der Waals surface area contributed by atoms with E-state index in [-0.39, 0.29) is 23.8 Å². The summed E-state index contributed by atoms with van der Waals surface area (Å²) in [6, 6.07) is 41.2. The second-order valence-electron chi connectivity index (χ2n) is 10.6. The molecule has 0 spiro atoms.